The van der Waals surface area contributed by atoms with Gasteiger partial charge in [0.05, 0.1) is 35.2 Å². The second kappa shape index (κ2) is 12.8. The Bertz CT molecular complexity index is 1260. The molecular formula is C26H23N3O5S. The Morgan fingerprint density at radius 2 is 1.71 bits per heavy atom. The van der Waals surface area contributed by atoms with Gasteiger partial charge in [-0.15, -0.1) is 11.8 Å². The number of thioether (sulfide) groups is 1. The molecule has 9 heteroatoms. The van der Waals surface area contributed by atoms with Crippen molar-refractivity contribution >= 4 is 40.9 Å². The largest absolute Gasteiger partial charge is 0.492 e. The topological polar surface area (TPSA) is 118 Å². The first kappa shape index (κ1) is 25.3. The van der Waals surface area contributed by atoms with E-state index < -0.39 is 18.5 Å². The van der Waals surface area contributed by atoms with Gasteiger partial charge in [0, 0.05) is 10.6 Å². The summed E-state index contributed by atoms with van der Waals surface area (Å²) in [6.07, 6.45) is 0. The summed E-state index contributed by atoms with van der Waals surface area (Å²) in [5, 5.41) is 14.4. The second-order valence-electron chi connectivity index (χ2n) is 7.08. The first-order valence-electron chi connectivity index (χ1n) is 10.7. The Morgan fingerprint density at radius 3 is 2.51 bits per heavy atom. The zero-order chi connectivity index (χ0) is 25.0. The van der Waals surface area contributed by atoms with E-state index >= 15 is 0 Å². The fraction of sp³-hybridized carbons (Fsp3) is 0.154. The number of amides is 2. The van der Waals surface area contributed by atoms with Gasteiger partial charge in [-0.2, -0.15) is 5.26 Å². The van der Waals surface area contributed by atoms with Crippen LogP contribution in [-0.4, -0.2) is 36.8 Å². The number of nitrogens with zero attached hydrogens (tertiary/aromatic N) is 1. The number of nitriles is 1. The summed E-state index contributed by atoms with van der Waals surface area (Å²) >= 11 is 1.16. The normalized spacial score (nSPS) is 10.1. The van der Waals surface area contributed by atoms with Crippen LogP contribution in [0.4, 0.5) is 11.4 Å². The predicted octanol–water partition coefficient (Wildman–Crippen LogP) is 4.48. The standard InChI is InChI=1S/C26H23N3O5S/c1-2-33-22-12-5-4-11-21(22)29-24(30)16-34-26(32)20-10-3-6-13-23(20)35-17-25(31)28-19-9-7-8-18(14-19)15-27/h3-14H,2,16-17H2,1H3,(H,28,31)(H,29,30). The number of benzene rings is 3. The highest BCUT2D eigenvalue weighted by atomic mass is 32.2. The number of hydrogen-bond donors (Lipinski definition) is 2. The molecule has 0 atom stereocenters. The number of nitrogens with one attached hydrogen (secondary N) is 2. The van der Waals surface area contributed by atoms with E-state index in [2.05, 4.69) is 10.6 Å². The number of rotatable bonds is 10. The summed E-state index contributed by atoms with van der Waals surface area (Å²) in [6, 6.07) is 22.3. The Kier molecular flexibility index (Phi) is 9.28. The van der Waals surface area contributed by atoms with Crippen LogP contribution >= 0.6 is 11.8 Å². The molecule has 3 rings (SSSR count). The summed E-state index contributed by atoms with van der Waals surface area (Å²) in [4.78, 5) is 37.8. The molecule has 0 aromatic heterocycles. The Labute approximate surface area is 207 Å². The molecule has 35 heavy (non-hydrogen) atoms. The molecule has 0 bridgehead atoms. The van der Waals surface area contributed by atoms with E-state index in [1.807, 2.05) is 13.0 Å². The molecule has 0 heterocycles. The second-order valence-corrected chi connectivity index (χ2v) is 8.10. The summed E-state index contributed by atoms with van der Waals surface area (Å²) in [5.41, 5.74) is 1.69. The lowest BCUT2D eigenvalue weighted by Gasteiger charge is -2.12. The van der Waals surface area contributed by atoms with Crippen molar-refractivity contribution in [2.24, 2.45) is 0 Å². The van der Waals surface area contributed by atoms with Gasteiger partial charge in [0.25, 0.3) is 5.91 Å². The smallest absolute Gasteiger partial charge is 0.339 e. The molecule has 8 nitrogen and oxygen atoms in total. The molecule has 3 aromatic rings. The molecule has 0 radical (unpaired) electrons. The van der Waals surface area contributed by atoms with E-state index in [4.69, 9.17) is 14.7 Å². The molecule has 3 aromatic carbocycles. The first-order chi connectivity index (χ1) is 17.0. The van der Waals surface area contributed by atoms with Crippen molar-refractivity contribution in [1.82, 2.24) is 0 Å². The third-order valence-electron chi connectivity index (χ3n) is 4.54. The minimum absolute atomic E-state index is 0.0375. The fourth-order valence-electron chi connectivity index (χ4n) is 3.01. The number of carbonyl (C=O) groups excluding carboxylic acids is 3. The van der Waals surface area contributed by atoms with Gasteiger partial charge in [-0.05, 0) is 49.4 Å². The van der Waals surface area contributed by atoms with Crippen LogP contribution in [-0.2, 0) is 14.3 Å². The summed E-state index contributed by atoms with van der Waals surface area (Å²) in [5.74, 6) is -0.914. The van der Waals surface area contributed by atoms with Crippen LogP contribution in [0.2, 0.25) is 0 Å². The van der Waals surface area contributed by atoms with Gasteiger partial charge in [0.2, 0.25) is 5.91 Å². The van der Waals surface area contributed by atoms with Crippen LogP contribution in [0.3, 0.4) is 0 Å². The Morgan fingerprint density at radius 1 is 0.943 bits per heavy atom. The number of carbonyl (C=O) groups is 3. The van der Waals surface area contributed by atoms with E-state index in [-0.39, 0.29) is 17.2 Å². The molecule has 0 unspecified atom stereocenters. The lowest BCUT2D eigenvalue weighted by Crippen LogP contribution is -2.21. The van der Waals surface area contributed by atoms with E-state index in [1.54, 1.807) is 72.8 Å². The minimum Gasteiger partial charge on any atom is -0.492 e. The molecule has 178 valence electrons. The molecule has 2 N–H and O–H groups in total. The molecule has 0 spiro atoms. The van der Waals surface area contributed by atoms with Crippen LogP contribution in [0.1, 0.15) is 22.8 Å². The highest BCUT2D eigenvalue weighted by Crippen LogP contribution is 2.25. The molecule has 0 aliphatic carbocycles. The van der Waals surface area contributed by atoms with Gasteiger partial charge in [-0.25, -0.2) is 4.79 Å². The maximum absolute atomic E-state index is 12.6. The number of anilines is 2. The summed E-state index contributed by atoms with van der Waals surface area (Å²) in [6.45, 7) is 1.81. The van der Waals surface area contributed by atoms with Crippen molar-refractivity contribution < 1.29 is 23.9 Å². The molecular weight excluding hydrogens is 466 g/mol. The molecule has 2 amide bonds. The maximum Gasteiger partial charge on any atom is 0.339 e. The minimum atomic E-state index is -0.677. The SMILES string of the molecule is CCOc1ccccc1NC(=O)COC(=O)c1ccccc1SCC(=O)Nc1cccc(C#N)c1. The molecule has 0 aliphatic heterocycles. The van der Waals surface area contributed by atoms with Gasteiger partial charge >= 0.3 is 5.97 Å². The van der Waals surface area contributed by atoms with Crippen molar-refractivity contribution in [2.45, 2.75) is 11.8 Å². The first-order valence-corrected chi connectivity index (χ1v) is 11.7. The van der Waals surface area contributed by atoms with Crippen molar-refractivity contribution in [3.8, 4) is 11.8 Å². The average molecular weight is 490 g/mol. The zero-order valence-electron chi connectivity index (χ0n) is 18.9. The van der Waals surface area contributed by atoms with Crippen molar-refractivity contribution in [1.29, 1.82) is 5.26 Å². The predicted molar refractivity (Wildman–Crippen MR) is 133 cm³/mol. The van der Waals surface area contributed by atoms with Gasteiger partial charge in [0.1, 0.15) is 5.75 Å². The van der Waals surface area contributed by atoms with E-state index in [0.717, 1.165) is 11.8 Å². The third-order valence-corrected chi connectivity index (χ3v) is 5.61. The lowest BCUT2D eigenvalue weighted by molar-refractivity contribution is -0.119. The zero-order valence-corrected chi connectivity index (χ0v) is 19.8. The molecule has 0 aliphatic rings. The fourth-order valence-corrected chi connectivity index (χ4v) is 3.85. The van der Waals surface area contributed by atoms with Crippen molar-refractivity contribution in [3.05, 3.63) is 83.9 Å². The average Bonchev–Trinajstić information content (AvgIpc) is 2.87. The van der Waals surface area contributed by atoms with E-state index in [0.29, 0.717) is 34.2 Å². The highest BCUT2D eigenvalue weighted by molar-refractivity contribution is 8.00. The highest BCUT2D eigenvalue weighted by Gasteiger charge is 2.16. The number of para-hydroxylation sites is 2. The number of esters is 1. The van der Waals surface area contributed by atoms with Gasteiger partial charge in [-0.1, -0.05) is 30.3 Å². The number of ether oxygens (including phenoxy) is 2. The van der Waals surface area contributed by atoms with Crippen molar-refractivity contribution in [3.63, 3.8) is 0 Å². The number of hydrogen-bond acceptors (Lipinski definition) is 7. The van der Waals surface area contributed by atoms with Gasteiger partial charge in [-0.3, -0.25) is 9.59 Å². The van der Waals surface area contributed by atoms with Gasteiger partial charge < -0.3 is 20.1 Å². The van der Waals surface area contributed by atoms with E-state index in [1.165, 1.54) is 0 Å². The quantitative estimate of drug-likeness (QED) is 0.318. The third kappa shape index (κ3) is 7.62. The Hall–Kier alpha value is -4.29. The lowest BCUT2D eigenvalue weighted by atomic mass is 10.2. The van der Waals surface area contributed by atoms with Crippen LogP contribution < -0.4 is 15.4 Å². The molecule has 0 saturated carbocycles. The monoisotopic (exact) mass is 489 g/mol. The van der Waals surface area contributed by atoms with Crippen LogP contribution in [0.5, 0.6) is 5.75 Å². The van der Waals surface area contributed by atoms with E-state index in [9.17, 15) is 14.4 Å². The van der Waals surface area contributed by atoms with Crippen LogP contribution in [0, 0.1) is 11.3 Å². The van der Waals surface area contributed by atoms with Crippen molar-refractivity contribution in [2.75, 3.05) is 29.6 Å². The summed E-state index contributed by atoms with van der Waals surface area (Å²) < 4.78 is 10.7. The summed E-state index contributed by atoms with van der Waals surface area (Å²) in [7, 11) is 0. The van der Waals surface area contributed by atoms with Gasteiger partial charge in [0.15, 0.2) is 6.61 Å². The Balaban J connectivity index is 1.55. The maximum atomic E-state index is 12.6. The molecule has 0 saturated heterocycles. The molecule has 0 fully saturated rings. The van der Waals surface area contributed by atoms with Crippen LogP contribution in [0.15, 0.2) is 77.7 Å². The van der Waals surface area contributed by atoms with Crippen LogP contribution in [0.25, 0.3) is 0 Å².